The van der Waals surface area contributed by atoms with Gasteiger partial charge in [-0.1, -0.05) is 34.1 Å². The lowest BCUT2D eigenvalue weighted by Gasteiger charge is -2.18. The number of nitro groups is 1. The second-order valence-electron chi connectivity index (χ2n) is 4.76. The van der Waals surface area contributed by atoms with Crippen LogP contribution in [-0.4, -0.2) is 29.8 Å². The molecule has 0 aromatic heterocycles. The molecule has 0 aliphatic rings. The first kappa shape index (κ1) is 17.4. The molecule has 2 aromatic carbocycles. The van der Waals surface area contributed by atoms with Crippen molar-refractivity contribution in [1.29, 1.82) is 0 Å². The van der Waals surface area contributed by atoms with Crippen LogP contribution in [0.1, 0.15) is 5.56 Å². The molecule has 0 saturated carbocycles. The van der Waals surface area contributed by atoms with Gasteiger partial charge in [0.25, 0.3) is 5.69 Å². The molecule has 2 rings (SSSR count). The van der Waals surface area contributed by atoms with E-state index in [1.165, 1.54) is 25.2 Å². The van der Waals surface area contributed by atoms with Crippen molar-refractivity contribution in [2.75, 3.05) is 7.05 Å². The van der Waals surface area contributed by atoms with Crippen LogP contribution in [0.3, 0.4) is 0 Å². The van der Waals surface area contributed by atoms with Crippen LogP contribution in [0.25, 0.3) is 0 Å². The van der Waals surface area contributed by atoms with Crippen molar-refractivity contribution in [3.05, 3.63) is 62.6 Å². The van der Waals surface area contributed by atoms with Gasteiger partial charge < -0.3 is 5.11 Å². The first-order valence-corrected chi connectivity index (χ1v) is 8.64. The highest BCUT2D eigenvalue weighted by Gasteiger charge is 2.30. The molecule has 23 heavy (non-hydrogen) atoms. The number of hydrogen-bond acceptors (Lipinski definition) is 5. The van der Waals surface area contributed by atoms with Crippen LogP contribution in [0.15, 0.2) is 51.8 Å². The summed E-state index contributed by atoms with van der Waals surface area (Å²) in [6.07, 6.45) is 0. The van der Waals surface area contributed by atoms with Gasteiger partial charge >= 0.3 is 0 Å². The van der Waals surface area contributed by atoms with Gasteiger partial charge in [0.1, 0.15) is 5.75 Å². The van der Waals surface area contributed by atoms with Gasteiger partial charge in [-0.2, -0.15) is 4.31 Å². The maximum atomic E-state index is 12.6. The first-order valence-electron chi connectivity index (χ1n) is 6.40. The van der Waals surface area contributed by atoms with Gasteiger partial charge in [0.05, 0.1) is 4.92 Å². The summed E-state index contributed by atoms with van der Waals surface area (Å²) >= 11 is 3.12. The molecule has 0 unspecified atom stereocenters. The number of para-hydroxylation sites is 1. The molecule has 1 N–H and O–H groups in total. The summed E-state index contributed by atoms with van der Waals surface area (Å²) in [5, 5.41) is 20.8. The maximum Gasteiger partial charge on any atom is 0.289 e. The van der Waals surface area contributed by atoms with Crippen molar-refractivity contribution in [2.24, 2.45) is 0 Å². The zero-order chi connectivity index (χ0) is 17.2. The number of sulfonamides is 1. The molecule has 0 aliphatic heterocycles. The molecule has 0 atom stereocenters. The Labute approximate surface area is 141 Å². The van der Waals surface area contributed by atoms with Crippen LogP contribution in [0.4, 0.5) is 5.69 Å². The minimum absolute atomic E-state index is 0.0432. The van der Waals surface area contributed by atoms with Crippen LogP contribution in [0.5, 0.6) is 5.75 Å². The molecular weight excluding hydrogens is 388 g/mol. The summed E-state index contributed by atoms with van der Waals surface area (Å²) in [6, 6.07) is 10.0. The standard InChI is InChI=1S/C14H13BrN2O5S/c1-16(9-10-4-2-3-5-13(10)18)23(21,22)14-8-11(15)6-7-12(14)17(19)20/h2-8,18H,9H2,1H3. The van der Waals surface area contributed by atoms with Crippen molar-refractivity contribution < 1.29 is 18.4 Å². The monoisotopic (exact) mass is 400 g/mol. The van der Waals surface area contributed by atoms with E-state index >= 15 is 0 Å². The van der Waals surface area contributed by atoms with E-state index in [1.807, 2.05) is 0 Å². The Balaban J connectivity index is 2.44. The Morgan fingerprint density at radius 1 is 1.26 bits per heavy atom. The molecule has 2 aromatic rings. The summed E-state index contributed by atoms with van der Waals surface area (Å²) in [4.78, 5) is 9.93. The first-order chi connectivity index (χ1) is 10.7. The smallest absolute Gasteiger partial charge is 0.289 e. The second-order valence-corrected chi connectivity index (χ2v) is 7.69. The average molecular weight is 401 g/mol. The van der Waals surface area contributed by atoms with E-state index in [-0.39, 0.29) is 12.3 Å². The van der Waals surface area contributed by atoms with Crippen molar-refractivity contribution in [1.82, 2.24) is 4.31 Å². The van der Waals surface area contributed by atoms with E-state index in [9.17, 15) is 23.6 Å². The lowest BCUT2D eigenvalue weighted by molar-refractivity contribution is -0.387. The van der Waals surface area contributed by atoms with Crippen molar-refractivity contribution in [3.63, 3.8) is 0 Å². The normalized spacial score (nSPS) is 11.6. The van der Waals surface area contributed by atoms with Crippen molar-refractivity contribution in [3.8, 4) is 5.75 Å². The second kappa shape index (κ2) is 6.65. The van der Waals surface area contributed by atoms with Crippen LogP contribution in [0.2, 0.25) is 0 Å². The molecule has 9 heteroatoms. The highest BCUT2D eigenvalue weighted by molar-refractivity contribution is 9.10. The van der Waals surface area contributed by atoms with Crippen molar-refractivity contribution in [2.45, 2.75) is 11.4 Å². The van der Waals surface area contributed by atoms with Gasteiger partial charge in [-0.3, -0.25) is 10.1 Å². The third-order valence-corrected chi connectivity index (χ3v) is 5.52. The largest absolute Gasteiger partial charge is 0.508 e. The number of aromatic hydroxyl groups is 1. The lowest BCUT2D eigenvalue weighted by Crippen LogP contribution is -2.27. The molecule has 0 saturated heterocycles. The van der Waals surface area contributed by atoms with Gasteiger partial charge in [-0.25, -0.2) is 8.42 Å². The number of hydrogen-bond donors (Lipinski definition) is 1. The molecule has 0 aliphatic carbocycles. The number of benzene rings is 2. The fourth-order valence-corrected chi connectivity index (χ4v) is 3.82. The Morgan fingerprint density at radius 3 is 2.52 bits per heavy atom. The Bertz CT molecular complexity index is 854. The highest BCUT2D eigenvalue weighted by atomic mass is 79.9. The number of nitro benzene ring substituents is 1. The molecule has 0 bridgehead atoms. The fraction of sp³-hybridized carbons (Fsp3) is 0.143. The predicted molar refractivity (Wildman–Crippen MR) is 87.6 cm³/mol. The molecule has 122 valence electrons. The molecule has 0 radical (unpaired) electrons. The molecule has 0 amide bonds. The SMILES string of the molecule is CN(Cc1ccccc1O)S(=O)(=O)c1cc(Br)ccc1[N+](=O)[O-]. The van der Waals surface area contributed by atoms with Gasteiger partial charge in [0, 0.05) is 29.7 Å². The summed E-state index contributed by atoms with van der Waals surface area (Å²) in [5.41, 5.74) is -0.103. The summed E-state index contributed by atoms with van der Waals surface area (Å²) in [7, 11) is -2.80. The van der Waals surface area contributed by atoms with Gasteiger partial charge in [0.2, 0.25) is 10.0 Å². The van der Waals surface area contributed by atoms with Crippen molar-refractivity contribution >= 4 is 31.6 Å². The third-order valence-electron chi connectivity index (χ3n) is 3.19. The fourth-order valence-electron chi connectivity index (χ4n) is 1.98. The summed E-state index contributed by atoms with van der Waals surface area (Å²) < 4.78 is 26.7. The van der Waals surface area contributed by atoms with Gasteiger partial charge in [-0.15, -0.1) is 0 Å². The number of nitrogens with zero attached hydrogens (tertiary/aromatic N) is 2. The summed E-state index contributed by atoms with van der Waals surface area (Å²) in [5.74, 6) is -0.0432. The van der Waals surface area contributed by atoms with Gasteiger partial charge in [0.15, 0.2) is 4.90 Å². The molecule has 0 spiro atoms. The molecule has 0 fully saturated rings. The zero-order valence-electron chi connectivity index (χ0n) is 12.0. The number of phenols is 1. The topological polar surface area (TPSA) is 101 Å². The van der Waals surface area contributed by atoms with Crippen LogP contribution < -0.4 is 0 Å². The molecule has 7 nitrogen and oxygen atoms in total. The Morgan fingerprint density at radius 2 is 1.91 bits per heavy atom. The number of halogens is 1. The van der Waals surface area contributed by atoms with E-state index in [1.54, 1.807) is 18.2 Å². The van der Waals surface area contributed by atoms with Crippen LogP contribution >= 0.6 is 15.9 Å². The third kappa shape index (κ3) is 3.69. The van der Waals surface area contributed by atoms with Crippen LogP contribution in [-0.2, 0) is 16.6 Å². The van der Waals surface area contributed by atoms with E-state index in [4.69, 9.17) is 0 Å². The number of rotatable bonds is 5. The highest BCUT2D eigenvalue weighted by Crippen LogP contribution is 2.30. The quantitative estimate of drug-likeness (QED) is 0.613. The molecular formula is C14H13BrN2O5S. The summed E-state index contributed by atoms with van der Waals surface area (Å²) in [6.45, 7) is -0.112. The Hall–Kier alpha value is -1.97. The number of phenolic OH excluding ortho intramolecular Hbond substituents is 1. The average Bonchev–Trinajstić information content (AvgIpc) is 2.49. The predicted octanol–water partition coefficient (Wildman–Crippen LogP) is 2.88. The van der Waals surface area contributed by atoms with Crippen LogP contribution in [0, 0.1) is 10.1 Å². The van der Waals surface area contributed by atoms with E-state index in [0.717, 1.165) is 10.4 Å². The minimum Gasteiger partial charge on any atom is -0.508 e. The van der Waals surface area contributed by atoms with E-state index in [2.05, 4.69) is 15.9 Å². The maximum absolute atomic E-state index is 12.6. The van der Waals surface area contributed by atoms with E-state index in [0.29, 0.717) is 10.0 Å². The zero-order valence-corrected chi connectivity index (χ0v) is 14.4. The Kier molecular flexibility index (Phi) is 5.03. The van der Waals surface area contributed by atoms with E-state index < -0.39 is 25.5 Å². The minimum atomic E-state index is -4.10. The lowest BCUT2D eigenvalue weighted by atomic mass is 10.2. The van der Waals surface area contributed by atoms with Gasteiger partial charge in [-0.05, 0) is 18.2 Å². The molecule has 0 heterocycles.